The van der Waals surface area contributed by atoms with Gasteiger partial charge in [-0.15, -0.1) is 0 Å². The molecule has 0 radical (unpaired) electrons. The van der Waals surface area contributed by atoms with Crippen molar-refractivity contribution in [3.8, 4) is 0 Å². The topological polar surface area (TPSA) is 32.7 Å². The van der Waals surface area contributed by atoms with Gasteiger partial charge in [-0.1, -0.05) is 6.08 Å². The fourth-order valence-corrected chi connectivity index (χ4v) is 0.831. The number of hydrogen-bond donors (Lipinski definition) is 0. The van der Waals surface area contributed by atoms with E-state index < -0.39 is 0 Å². The molecule has 1 aliphatic rings. The summed E-state index contributed by atoms with van der Waals surface area (Å²) in [7, 11) is 3.64. The normalized spacial score (nSPS) is 18.7. The molecule has 0 aromatic rings. The summed E-state index contributed by atoms with van der Waals surface area (Å²) in [6, 6.07) is 0. The van der Waals surface area contributed by atoms with Crippen molar-refractivity contribution in [1.82, 2.24) is 5.01 Å². The van der Waals surface area contributed by atoms with Crippen molar-refractivity contribution in [2.24, 2.45) is 5.10 Å². The van der Waals surface area contributed by atoms with Gasteiger partial charge in [-0.2, -0.15) is 5.10 Å². The number of allylic oxidation sites excluding steroid dienone is 4. The number of nitrogens with zero attached hydrogens (tertiary/aromatic N) is 2. The molecule has 0 aliphatic heterocycles. The molecule has 0 saturated heterocycles. The summed E-state index contributed by atoms with van der Waals surface area (Å²) in [6.07, 6.45) is 6.17. The monoisotopic (exact) mass is 150 g/mol. The Morgan fingerprint density at radius 1 is 1.55 bits per heavy atom. The van der Waals surface area contributed by atoms with E-state index in [1.165, 1.54) is 0 Å². The zero-order valence-corrected chi connectivity index (χ0v) is 6.61. The number of rotatable bonds is 2. The Hall–Kier alpha value is -1.38. The number of hydrogen-bond acceptors (Lipinski definition) is 3. The molecule has 0 bridgehead atoms. The first-order valence-electron chi connectivity index (χ1n) is 3.34. The third kappa shape index (κ3) is 1.77. The fraction of sp³-hybridized carbons (Fsp3) is 0.250. The van der Waals surface area contributed by atoms with Gasteiger partial charge in [0.25, 0.3) is 0 Å². The van der Waals surface area contributed by atoms with E-state index in [1.807, 2.05) is 26.2 Å². The maximum atomic E-state index is 10.4. The van der Waals surface area contributed by atoms with E-state index in [2.05, 4.69) is 5.10 Å². The van der Waals surface area contributed by atoms with Crippen LogP contribution in [0.4, 0.5) is 0 Å². The summed E-state index contributed by atoms with van der Waals surface area (Å²) in [5, 5.41) is 5.76. The van der Waals surface area contributed by atoms with Gasteiger partial charge in [0.2, 0.25) is 0 Å². The van der Waals surface area contributed by atoms with Crippen LogP contribution in [0.2, 0.25) is 0 Å². The Morgan fingerprint density at radius 2 is 2.27 bits per heavy atom. The molecule has 1 aliphatic carbocycles. The summed E-state index contributed by atoms with van der Waals surface area (Å²) in [6.45, 7) is 0. The van der Waals surface area contributed by atoms with Crippen LogP contribution in [0.3, 0.4) is 0 Å². The lowest BCUT2D eigenvalue weighted by Gasteiger charge is -2.04. The zero-order valence-electron chi connectivity index (χ0n) is 6.61. The summed E-state index contributed by atoms with van der Waals surface area (Å²) in [5.41, 5.74) is 1.36. The Labute approximate surface area is 65.7 Å². The van der Waals surface area contributed by atoms with Gasteiger partial charge >= 0.3 is 0 Å². The van der Waals surface area contributed by atoms with Crippen molar-refractivity contribution < 1.29 is 4.79 Å². The van der Waals surface area contributed by atoms with E-state index in [0.717, 1.165) is 12.0 Å². The van der Waals surface area contributed by atoms with Crippen LogP contribution in [0.5, 0.6) is 0 Å². The van der Waals surface area contributed by atoms with E-state index in [9.17, 15) is 4.79 Å². The van der Waals surface area contributed by atoms with Gasteiger partial charge in [0.1, 0.15) is 0 Å². The van der Waals surface area contributed by atoms with Crippen molar-refractivity contribution in [3.05, 3.63) is 23.8 Å². The molecule has 58 valence electrons. The quantitative estimate of drug-likeness (QED) is 0.426. The molecule has 0 spiro atoms. The van der Waals surface area contributed by atoms with Crippen molar-refractivity contribution >= 4 is 12.0 Å². The highest BCUT2D eigenvalue weighted by Gasteiger charge is 2.06. The maximum Gasteiger partial charge on any atom is 0.152 e. The molecule has 0 atom stereocenters. The van der Waals surface area contributed by atoms with Gasteiger partial charge < -0.3 is 5.01 Å². The summed E-state index contributed by atoms with van der Waals surface area (Å²) in [5.74, 6) is 0. The summed E-state index contributed by atoms with van der Waals surface area (Å²) < 4.78 is 0. The first-order valence-corrected chi connectivity index (χ1v) is 3.34. The minimum absolute atomic E-state index is 0.638. The van der Waals surface area contributed by atoms with Crippen LogP contribution >= 0.6 is 0 Å². The second kappa shape index (κ2) is 3.14. The van der Waals surface area contributed by atoms with Gasteiger partial charge in [0, 0.05) is 19.7 Å². The lowest BCUT2D eigenvalue weighted by molar-refractivity contribution is -0.104. The standard InChI is InChI=1S/C8H10N2O/c1-10(2)9-8-5-3-4-7(8)6-11/h3-6H,1-2H3/b9-8-. The Balaban J connectivity index is 2.82. The Bertz CT molecular complexity index is 249. The lowest BCUT2D eigenvalue weighted by atomic mass is 10.2. The van der Waals surface area contributed by atoms with Crippen molar-refractivity contribution in [3.63, 3.8) is 0 Å². The molecule has 0 heterocycles. The van der Waals surface area contributed by atoms with E-state index in [-0.39, 0.29) is 0 Å². The maximum absolute atomic E-state index is 10.4. The van der Waals surface area contributed by atoms with Crippen LogP contribution in [0, 0.1) is 0 Å². The molecule has 0 saturated carbocycles. The molecule has 3 nitrogen and oxygen atoms in total. The van der Waals surface area contributed by atoms with Crippen LogP contribution < -0.4 is 0 Å². The smallest absolute Gasteiger partial charge is 0.152 e. The summed E-state index contributed by atoms with van der Waals surface area (Å²) >= 11 is 0. The van der Waals surface area contributed by atoms with Crippen LogP contribution in [-0.2, 0) is 4.79 Å². The highest BCUT2D eigenvalue weighted by Crippen LogP contribution is 2.05. The fourth-order valence-electron chi connectivity index (χ4n) is 0.831. The van der Waals surface area contributed by atoms with Crippen molar-refractivity contribution in [1.29, 1.82) is 0 Å². The number of aldehydes is 1. The SMILES string of the molecule is CN(C)/N=C1/C=CC=C1C=O. The zero-order chi connectivity index (χ0) is 8.27. The predicted octanol–water partition coefficient (Wildman–Crippen LogP) is 0.599. The van der Waals surface area contributed by atoms with Crippen LogP contribution in [-0.4, -0.2) is 31.1 Å². The largest absolute Gasteiger partial charge is 0.303 e. The molecular formula is C8H10N2O. The van der Waals surface area contributed by atoms with Gasteiger partial charge in [-0.05, 0) is 12.2 Å². The minimum atomic E-state index is 0.638. The molecule has 0 amide bonds. The van der Waals surface area contributed by atoms with E-state index in [1.54, 1.807) is 11.1 Å². The van der Waals surface area contributed by atoms with Gasteiger partial charge in [0.15, 0.2) is 6.29 Å². The van der Waals surface area contributed by atoms with Gasteiger partial charge in [-0.3, -0.25) is 4.79 Å². The highest BCUT2D eigenvalue weighted by molar-refractivity contribution is 6.22. The average molecular weight is 150 g/mol. The number of hydrazone groups is 1. The van der Waals surface area contributed by atoms with Crippen molar-refractivity contribution in [2.75, 3.05) is 14.1 Å². The molecule has 0 aromatic heterocycles. The van der Waals surface area contributed by atoms with E-state index in [0.29, 0.717) is 5.57 Å². The van der Waals surface area contributed by atoms with Crippen LogP contribution in [0.25, 0.3) is 0 Å². The number of carbonyl (C=O) groups excluding carboxylic acids is 1. The first kappa shape index (κ1) is 7.72. The average Bonchev–Trinajstić information content (AvgIpc) is 2.34. The van der Waals surface area contributed by atoms with Gasteiger partial charge in [0.05, 0.1) is 5.71 Å². The molecule has 3 heteroatoms. The van der Waals surface area contributed by atoms with Gasteiger partial charge in [-0.25, -0.2) is 0 Å². The second-order valence-electron chi connectivity index (χ2n) is 2.43. The van der Waals surface area contributed by atoms with E-state index >= 15 is 0 Å². The molecular weight excluding hydrogens is 140 g/mol. The first-order chi connectivity index (χ1) is 5.24. The molecule has 0 N–H and O–H groups in total. The Morgan fingerprint density at radius 3 is 2.82 bits per heavy atom. The van der Waals surface area contributed by atoms with E-state index in [4.69, 9.17) is 0 Å². The molecule has 0 unspecified atom stereocenters. The number of carbonyl (C=O) groups is 1. The molecule has 0 fully saturated rings. The third-order valence-electron chi connectivity index (χ3n) is 1.26. The summed E-state index contributed by atoms with van der Waals surface area (Å²) in [4.78, 5) is 10.4. The molecule has 0 aromatic carbocycles. The van der Waals surface area contributed by atoms with Crippen LogP contribution in [0.15, 0.2) is 28.9 Å². The third-order valence-corrected chi connectivity index (χ3v) is 1.26. The van der Waals surface area contributed by atoms with Crippen LogP contribution in [0.1, 0.15) is 0 Å². The molecule has 1 rings (SSSR count). The molecule has 11 heavy (non-hydrogen) atoms. The predicted molar refractivity (Wildman–Crippen MR) is 44.4 cm³/mol. The second-order valence-corrected chi connectivity index (χ2v) is 2.43. The highest BCUT2D eigenvalue weighted by atomic mass is 16.1. The lowest BCUT2D eigenvalue weighted by Crippen LogP contribution is -2.08. The van der Waals surface area contributed by atoms with Crippen molar-refractivity contribution in [2.45, 2.75) is 0 Å². The minimum Gasteiger partial charge on any atom is -0.303 e. The Kier molecular flexibility index (Phi) is 2.21.